The summed E-state index contributed by atoms with van der Waals surface area (Å²) in [5, 5.41) is 7.49. The first kappa shape index (κ1) is 22.5. The molecule has 0 amide bonds. The lowest BCUT2D eigenvalue weighted by molar-refractivity contribution is 0.588. The molecular formula is C16H27IN4O2S2. The maximum absolute atomic E-state index is 11.7. The van der Waals surface area contributed by atoms with Crippen LogP contribution in [0.2, 0.25) is 0 Å². The highest BCUT2D eigenvalue weighted by Gasteiger charge is 2.24. The van der Waals surface area contributed by atoms with E-state index in [-0.39, 0.29) is 28.9 Å². The van der Waals surface area contributed by atoms with Crippen LogP contribution >= 0.6 is 35.7 Å². The number of halogens is 1. The van der Waals surface area contributed by atoms with Gasteiger partial charge in [-0.05, 0) is 50.3 Å². The molecule has 6 nitrogen and oxygen atoms in total. The zero-order valence-corrected chi connectivity index (χ0v) is 18.7. The predicted molar refractivity (Wildman–Crippen MR) is 116 cm³/mol. The number of rotatable bonds is 6. The highest BCUT2D eigenvalue weighted by molar-refractivity contribution is 14.0. The number of sulfonamides is 1. The van der Waals surface area contributed by atoms with Crippen molar-refractivity contribution in [3.8, 4) is 0 Å². The number of aliphatic imine (C=N–C) groups is 1. The van der Waals surface area contributed by atoms with Crippen LogP contribution in [-0.2, 0) is 16.6 Å². The van der Waals surface area contributed by atoms with Crippen molar-refractivity contribution in [2.45, 2.75) is 42.0 Å². The zero-order valence-electron chi connectivity index (χ0n) is 14.8. The van der Waals surface area contributed by atoms with Gasteiger partial charge in [-0.1, -0.05) is 12.1 Å². The summed E-state index contributed by atoms with van der Waals surface area (Å²) < 4.78 is 25.7. The van der Waals surface area contributed by atoms with E-state index in [1.54, 1.807) is 19.2 Å². The van der Waals surface area contributed by atoms with E-state index in [4.69, 9.17) is 0 Å². The molecular weight excluding hydrogens is 471 g/mol. The molecule has 2 unspecified atom stereocenters. The first-order valence-corrected chi connectivity index (χ1v) is 10.8. The highest BCUT2D eigenvalue weighted by atomic mass is 127. The van der Waals surface area contributed by atoms with Crippen LogP contribution in [0.25, 0.3) is 0 Å². The van der Waals surface area contributed by atoms with Crippen LogP contribution in [0.1, 0.15) is 24.8 Å². The Morgan fingerprint density at radius 3 is 2.48 bits per heavy atom. The summed E-state index contributed by atoms with van der Waals surface area (Å²) in [5.74, 6) is 0.786. The topological polar surface area (TPSA) is 82.6 Å². The first-order valence-electron chi connectivity index (χ1n) is 8.01. The minimum Gasteiger partial charge on any atom is -0.354 e. The Hall–Kier alpha value is -0.520. The van der Waals surface area contributed by atoms with E-state index < -0.39 is 10.0 Å². The monoisotopic (exact) mass is 498 g/mol. The lowest BCUT2D eigenvalue weighted by atomic mass is 10.2. The molecule has 0 bridgehead atoms. The van der Waals surface area contributed by atoms with Crippen molar-refractivity contribution in [3.05, 3.63) is 29.8 Å². The minimum atomic E-state index is -3.38. The zero-order chi connectivity index (χ0) is 17.6. The minimum absolute atomic E-state index is 0. The third-order valence-corrected chi connectivity index (χ3v) is 6.77. The second-order valence-corrected chi connectivity index (χ2v) is 8.81. The van der Waals surface area contributed by atoms with Crippen LogP contribution in [-0.4, -0.2) is 46.0 Å². The summed E-state index contributed by atoms with van der Waals surface area (Å²) in [6, 6.07) is 7.31. The quantitative estimate of drug-likeness (QED) is 0.318. The Morgan fingerprint density at radius 2 is 1.96 bits per heavy atom. The first-order chi connectivity index (χ1) is 11.5. The average molecular weight is 498 g/mol. The molecule has 1 fully saturated rings. The van der Waals surface area contributed by atoms with E-state index in [1.807, 2.05) is 23.9 Å². The molecule has 1 aromatic rings. The Labute approximate surface area is 172 Å². The molecule has 9 heteroatoms. The molecule has 0 radical (unpaired) electrons. The maximum atomic E-state index is 11.7. The summed E-state index contributed by atoms with van der Waals surface area (Å²) >= 11 is 1.93. The summed E-state index contributed by atoms with van der Waals surface area (Å²) in [6.45, 7) is 0.595. The molecule has 0 heterocycles. The van der Waals surface area contributed by atoms with Gasteiger partial charge in [-0.3, -0.25) is 4.99 Å². The average Bonchev–Trinajstić information content (AvgIpc) is 3.06. The number of nitrogens with one attached hydrogen (secondary N) is 3. The van der Waals surface area contributed by atoms with Crippen molar-refractivity contribution < 1.29 is 8.42 Å². The third-order valence-electron chi connectivity index (χ3n) is 4.24. The summed E-state index contributed by atoms with van der Waals surface area (Å²) in [6.07, 6.45) is 5.75. The summed E-state index contributed by atoms with van der Waals surface area (Å²) in [5.41, 5.74) is 1.00. The van der Waals surface area contributed by atoms with Crippen LogP contribution in [0, 0.1) is 0 Å². The van der Waals surface area contributed by atoms with Crippen LogP contribution < -0.4 is 15.4 Å². The largest absolute Gasteiger partial charge is 0.354 e. The molecule has 3 N–H and O–H groups in total. The van der Waals surface area contributed by atoms with Crippen LogP contribution in [0.5, 0.6) is 0 Å². The van der Waals surface area contributed by atoms with Gasteiger partial charge < -0.3 is 10.6 Å². The van der Waals surface area contributed by atoms with Crippen molar-refractivity contribution in [3.63, 3.8) is 0 Å². The van der Waals surface area contributed by atoms with Gasteiger partial charge in [-0.25, -0.2) is 13.1 Å². The van der Waals surface area contributed by atoms with Gasteiger partial charge in [0.15, 0.2) is 5.96 Å². The molecule has 0 spiro atoms. The van der Waals surface area contributed by atoms with E-state index in [2.05, 4.69) is 26.6 Å². The van der Waals surface area contributed by atoms with E-state index in [0.717, 1.165) is 16.8 Å². The maximum Gasteiger partial charge on any atom is 0.240 e. The molecule has 2 atom stereocenters. The second kappa shape index (κ2) is 10.6. The number of guanidine groups is 1. The fourth-order valence-corrected chi connectivity index (χ4v) is 4.29. The van der Waals surface area contributed by atoms with E-state index in [1.165, 1.54) is 26.3 Å². The Bertz CT molecular complexity index is 665. The van der Waals surface area contributed by atoms with E-state index in [0.29, 0.717) is 12.6 Å². The number of hydrogen-bond donors (Lipinski definition) is 3. The number of hydrogen-bond acceptors (Lipinski definition) is 4. The summed E-state index contributed by atoms with van der Waals surface area (Å²) in [4.78, 5) is 4.54. The molecule has 1 aromatic carbocycles. The Balaban J connectivity index is 0.00000312. The molecule has 2 rings (SSSR count). The molecule has 0 aromatic heterocycles. The van der Waals surface area contributed by atoms with E-state index in [9.17, 15) is 8.42 Å². The number of benzene rings is 1. The van der Waals surface area contributed by atoms with Crippen molar-refractivity contribution in [2.24, 2.45) is 4.99 Å². The van der Waals surface area contributed by atoms with Crippen molar-refractivity contribution in [1.82, 2.24) is 15.4 Å². The SMILES string of the molecule is CN=C(NCc1ccc(S(=O)(=O)NC)cc1)NC1CCC(SC)C1.I. The predicted octanol–water partition coefficient (Wildman–Crippen LogP) is 2.16. The van der Waals surface area contributed by atoms with Crippen molar-refractivity contribution >= 4 is 51.7 Å². The van der Waals surface area contributed by atoms with Gasteiger partial charge in [0.1, 0.15) is 0 Å². The van der Waals surface area contributed by atoms with Crippen LogP contribution in [0.4, 0.5) is 0 Å². The van der Waals surface area contributed by atoms with Gasteiger partial charge in [0.25, 0.3) is 0 Å². The smallest absolute Gasteiger partial charge is 0.240 e. The van der Waals surface area contributed by atoms with Gasteiger partial charge in [0, 0.05) is 24.9 Å². The third kappa shape index (κ3) is 6.61. The highest BCUT2D eigenvalue weighted by Crippen LogP contribution is 2.28. The molecule has 1 aliphatic rings. The molecule has 1 saturated carbocycles. The number of nitrogens with zero attached hydrogens (tertiary/aromatic N) is 1. The Morgan fingerprint density at radius 1 is 1.28 bits per heavy atom. The Kier molecular flexibility index (Phi) is 9.54. The van der Waals surface area contributed by atoms with Gasteiger partial charge in [-0.15, -0.1) is 24.0 Å². The molecule has 0 saturated heterocycles. The van der Waals surface area contributed by atoms with Crippen LogP contribution in [0.3, 0.4) is 0 Å². The second-order valence-electron chi connectivity index (χ2n) is 5.79. The number of thioether (sulfide) groups is 1. The normalized spacial score (nSPS) is 20.8. The van der Waals surface area contributed by atoms with Gasteiger partial charge in [0.05, 0.1) is 4.90 Å². The fraction of sp³-hybridized carbons (Fsp3) is 0.562. The fourth-order valence-electron chi connectivity index (χ4n) is 2.76. The molecule has 25 heavy (non-hydrogen) atoms. The van der Waals surface area contributed by atoms with Crippen LogP contribution in [0.15, 0.2) is 34.2 Å². The van der Waals surface area contributed by atoms with Crippen molar-refractivity contribution in [1.29, 1.82) is 0 Å². The molecule has 142 valence electrons. The van der Waals surface area contributed by atoms with E-state index >= 15 is 0 Å². The lowest BCUT2D eigenvalue weighted by Gasteiger charge is -2.17. The lowest BCUT2D eigenvalue weighted by Crippen LogP contribution is -2.42. The standard InChI is InChI=1S/C16H26N4O2S2.HI/c1-17-16(20-13-6-7-14(10-13)23-3)19-11-12-4-8-15(9-5-12)24(21,22)18-2;/h4-5,8-9,13-14,18H,6-7,10-11H2,1-3H3,(H2,17,19,20);1H. The summed E-state index contributed by atoms with van der Waals surface area (Å²) in [7, 11) is -0.212. The van der Waals surface area contributed by atoms with Gasteiger partial charge in [-0.2, -0.15) is 11.8 Å². The van der Waals surface area contributed by atoms with Gasteiger partial charge in [0.2, 0.25) is 10.0 Å². The molecule has 0 aliphatic heterocycles. The molecule has 1 aliphatic carbocycles. The van der Waals surface area contributed by atoms with Crippen molar-refractivity contribution in [2.75, 3.05) is 20.4 Å². The van der Waals surface area contributed by atoms with Gasteiger partial charge >= 0.3 is 0 Å².